The average Bonchev–Trinajstić information content (AvgIpc) is 2.76. The molecule has 0 bridgehead atoms. The van der Waals surface area contributed by atoms with Crippen LogP contribution in [-0.2, 0) is 6.42 Å². The molecule has 3 heteroatoms. The van der Waals surface area contributed by atoms with Crippen LogP contribution < -0.4 is 9.47 Å². The maximum absolute atomic E-state index is 12.4. The Labute approximate surface area is 173 Å². The van der Waals surface area contributed by atoms with Crippen molar-refractivity contribution in [3.8, 4) is 22.6 Å². The molecule has 0 aliphatic carbocycles. The summed E-state index contributed by atoms with van der Waals surface area (Å²) in [6.07, 6.45) is 4.88. The summed E-state index contributed by atoms with van der Waals surface area (Å²) >= 11 is 0. The molecule has 0 aliphatic heterocycles. The number of carbonyl (C=O) groups is 1. The standard InChI is InChI=1S/C26H28O3/c1-3-5-6-7-20-8-10-21(11-9-20)22-12-14-23(15-13-22)26(27)29-25-18-16-24(17-19-25)28-4-2/h8-19H,3-7H2,1-2H3. The van der Waals surface area contributed by atoms with Crippen molar-refractivity contribution in [1.82, 2.24) is 0 Å². The van der Waals surface area contributed by atoms with Crippen LogP contribution >= 0.6 is 0 Å². The molecule has 3 aromatic rings. The van der Waals surface area contributed by atoms with Crippen molar-refractivity contribution in [2.45, 2.75) is 39.5 Å². The summed E-state index contributed by atoms with van der Waals surface area (Å²) in [4.78, 5) is 12.4. The molecule has 0 heterocycles. The van der Waals surface area contributed by atoms with Crippen LogP contribution in [0.2, 0.25) is 0 Å². The summed E-state index contributed by atoms with van der Waals surface area (Å²) in [6.45, 7) is 4.76. The number of carbonyl (C=O) groups excluding carboxylic acids is 1. The molecule has 3 nitrogen and oxygen atoms in total. The Bertz CT molecular complexity index is 894. The van der Waals surface area contributed by atoms with Gasteiger partial charge in [-0.2, -0.15) is 0 Å². The Hall–Kier alpha value is -3.07. The zero-order valence-electron chi connectivity index (χ0n) is 17.2. The lowest BCUT2D eigenvalue weighted by Crippen LogP contribution is -2.08. The van der Waals surface area contributed by atoms with E-state index in [-0.39, 0.29) is 5.97 Å². The van der Waals surface area contributed by atoms with E-state index < -0.39 is 0 Å². The second-order valence-electron chi connectivity index (χ2n) is 7.03. The lowest BCUT2D eigenvalue weighted by molar-refractivity contribution is 0.0734. The Balaban J connectivity index is 1.61. The van der Waals surface area contributed by atoms with E-state index in [1.54, 1.807) is 36.4 Å². The minimum atomic E-state index is -0.369. The molecule has 0 saturated carbocycles. The molecule has 0 N–H and O–H groups in total. The lowest BCUT2D eigenvalue weighted by Gasteiger charge is -2.08. The second-order valence-corrected chi connectivity index (χ2v) is 7.03. The number of ether oxygens (including phenoxy) is 2. The van der Waals surface area contributed by atoms with Gasteiger partial charge in [-0.15, -0.1) is 0 Å². The maximum Gasteiger partial charge on any atom is 0.343 e. The number of rotatable bonds is 9. The third-order valence-corrected chi connectivity index (χ3v) is 4.82. The minimum absolute atomic E-state index is 0.369. The van der Waals surface area contributed by atoms with Gasteiger partial charge in [-0.05, 0) is 72.9 Å². The van der Waals surface area contributed by atoms with E-state index in [0.29, 0.717) is 17.9 Å². The topological polar surface area (TPSA) is 35.5 Å². The first-order valence-electron chi connectivity index (χ1n) is 10.3. The predicted molar refractivity (Wildman–Crippen MR) is 118 cm³/mol. The Morgan fingerprint density at radius 2 is 1.31 bits per heavy atom. The van der Waals surface area contributed by atoms with Crippen molar-refractivity contribution < 1.29 is 14.3 Å². The van der Waals surface area contributed by atoms with E-state index >= 15 is 0 Å². The third-order valence-electron chi connectivity index (χ3n) is 4.82. The highest BCUT2D eigenvalue weighted by Gasteiger charge is 2.09. The van der Waals surface area contributed by atoms with Gasteiger partial charge < -0.3 is 9.47 Å². The molecule has 3 aromatic carbocycles. The highest BCUT2D eigenvalue weighted by molar-refractivity contribution is 5.91. The Morgan fingerprint density at radius 1 is 0.724 bits per heavy atom. The molecular formula is C26H28O3. The summed E-state index contributed by atoms with van der Waals surface area (Å²) in [6, 6.07) is 23.3. The number of esters is 1. The van der Waals surface area contributed by atoms with Crippen molar-refractivity contribution in [1.29, 1.82) is 0 Å². The average molecular weight is 389 g/mol. The third kappa shape index (κ3) is 5.95. The number of hydrogen-bond donors (Lipinski definition) is 0. The molecule has 0 unspecified atom stereocenters. The predicted octanol–water partition coefficient (Wildman–Crippen LogP) is 6.70. The molecule has 0 fully saturated rings. The van der Waals surface area contributed by atoms with Gasteiger partial charge in [0, 0.05) is 0 Å². The lowest BCUT2D eigenvalue weighted by atomic mass is 10.0. The first-order valence-corrected chi connectivity index (χ1v) is 10.3. The van der Waals surface area contributed by atoms with Crippen molar-refractivity contribution in [3.05, 3.63) is 83.9 Å². The molecule has 0 atom stereocenters. The van der Waals surface area contributed by atoms with Gasteiger partial charge in [-0.1, -0.05) is 56.2 Å². The van der Waals surface area contributed by atoms with Crippen molar-refractivity contribution in [2.24, 2.45) is 0 Å². The Morgan fingerprint density at radius 3 is 1.90 bits per heavy atom. The van der Waals surface area contributed by atoms with E-state index in [1.165, 1.54) is 24.8 Å². The fraction of sp³-hybridized carbons (Fsp3) is 0.269. The Kier molecular flexibility index (Phi) is 7.46. The van der Waals surface area contributed by atoms with Crippen LogP contribution in [-0.4, -0.2) is 12.6 Å². The van der Waals surface area contributed by atoms with Crippen molar-refractivity contribution >= 4 is 5.97 Å². The van der Waals surface area contributed by atoms with Gasteiger partial charge in [-0.3, -0.25) is 0 Å². The largest absolute Gasteiger partial charge is 0.494 e. The zero-order valence-corrected chi connectivity index (χ0v) is 17.2. The van der Waals surface area contributed by atoms with E-state index in [4.69, 9.17) is 9.47 Å². The fourth-order valence-corrected chi connectivity index (χ4v) is 3.18. The monoisotopic (exact) mass is 388 g/mol. The van der Waals surface area contributed by atoms with Crippen LogP contribution in [0.5, 0.6) is 11.5 Å². The van der Waals surface area contributed by atoms with Crippen molar-refractivity contribution in [3.63, 3.8) is 0 Å². The SMILES string of the molecule is CCCCCc1ccc(-c2ccc(C(=O)Oc3ccc(OCC)cc3)cc2)cc1. The highest BCUT2D eigenvalue weighted by Crippen LogP contribution is 2.23. The maximum atomic E-state index is 12.4. The first kappa shape index (κ1) is 20.7. The molecular weight excluding hydrogens is 360 g/mol. The minimum Gasteiger partial charge on any atom is -0.494 e. The van der Waals surface area contributed by atoms with Gasteiger partial charge in [0.05, 0.1) is 12.2 Å². The van der Waals surface area contributed by atoms with E-state index in [1.807, 2.05) is 19.1 Å². The highest BCUT2D eigenvalue weighted by atomic mass is 16.5. The number of benzene rings is 3. The molecule has 0 aromatic heterocycles. The van der Waals surface area contributed by atoms with Crippen LogP contribution in [0.25, 0.3) is 11.1 Å². The van der Waals surface area contributed by atoms with Gasteiger partial charge in [0.15, 0.2) is 0 Å². The molecule has 0 amide bonds. The fourth-order valence-electron chi connectivity index (χ4n) is 3.18. The quantitative estimate of drug-likeness (QED) is 0.232. The normalized spacial score (nSPS) is 10.6. The smallest absolute Gasteiger partial charge is 0.343 e. The molecule has 0 radical (unpaired) electrons. The van der Waals surface area contributed by atoms with E-state index in [9.17, 15) is 4.79 Å². The summed E-state index contributed by atoms with van der Waals surface area (Å²) in [5.41, 5.74) is 4.13. The number of aryl methyl sites for hydroxylation is 1. The molecule has 3 rings (SSSR count). The number of unbranched alkanes of at least 4 members (excludes halogenated alkanes) is 2. The van der Waals surface area contributed by atoms with Gasteiger partial charge in [0.2, 0.25) is 0 Å². The van der Waals surface area contributed by atoms with Gasteiger partial charge in [0.25, 0.3) is 0 Å². The molecule has 0 saturated heterocycles. The van der Waals surface area contributed by atoms with Crippen LogP contribution in [0, 0.1) is 0 Å². The molecule has 0 spiro atoms. The van der Waals surface area contributed by atoms with Crippen LogP contribution in [0.1, 0.15) is 49.0 Å². The van der Waals surface area contributed by atoms with E-state index in [0.717, 1.165) is 23.3 Å². The van der Waals surface area contributed by atoms with Crippen molar-refractivity contribution in [2.75, 3.05) is 6.61 Å². The van der Waals surface area contributed by atoms with Crippen LogP contribution in [0.15, 0.2) is 72.8 Å². The zero-order chi connectivity index (χ0) is 20.5. The van der Waals surface area contributed by atoms with Crippen LogP contribution in [0.4, 0.5) is 0 Å². The number of hydrogen-bond acceptors (Lipinski definition) is 3. The van der Waals surface area contributed by atoms with Gasteiger partial charge >= 0.3 is 5.97 Å². The molecule has 29 heavy (non-hydrogen) atoms. The summed E-state index contributed by atoms with van der Waals surface area (Å²) in [7, 11) is 0. The molecule has 150 valence electrons. The molecule has 0 aliphatic rings. The first-order chi connectivity index (χ1) is 14.2. The summed E-state index contributed by atoms with van der Waals surface area (Å²) in [5, 5.41) is 0. The summed E-state index contributed by atoms with van der Waals surface area (Å²) in [5.74, 6) is 0.890. The second kappa shape index (κ2) is 10.5. The van der Waals surface area contributed by atoms with Crippen LogP contribution in [0.3, 0.4) is 0 Å². The van der Waals surface area contributed by atoms with Gasteiger partial charge in [-0.25, -0.2) is 4.79 Å². The summed E-state index contributed by atoms with van der Waals surface area (Å²) < 4.78 is 10.8. The van der Waals surface area contributed by atoms with Gasteiger partial charge in [0.1, 0.15) is 11.5 Å². The van der Waals surface area contributed by atoms with E-state index in [2.05, 4.69) is 31.2 Å².